The van der Waals surface area contributed by atoms with Crippen LogP contribution < -0.4 is 0 Å². The number of unbranched alkanes of at least 4 members (excludes halogenated alkanes) is 3. The van der Waals surface area contributed by atoms with E-state index >= 15 is 0 Å². The molecule has 0 aromatic carbocycles. The molecule has 0 saturated heterocycles. The number of rotatable bonds is 5. The number of Topliss-reactive ketones (excluding diaryl/α,β-unsaturated/α-hetero) is 1. The topological polar surface area (TPSA) is 37.3 Å². The maximum atomic E-state index is 10.4. The Bertz CT molecular complexity index is 108. The molecule has 0 aliphatic heterocycles. The summed E-state index contributed by atoms with van der Waals surface area (Å²) < 4.78 is 0. The van der Waals surface area contributed by atoms with Gasteiger partial charge in [0.1, 0.15) is 5.78 Å². The highest BCUT2D eigenvalue weighted by atomic mass is 16.2. The van der Waals surface area contributed by atoms with E-state index in [1.54, 1.807) is 6.92 Å². The molecule has 0 saturated carbocycles. The zero-order valence-corrected chi connectivity index (χ0v) is 8.18. The summed E-state index contributed by atoms with van der Waals surface area (Å²) in [6, 6.07) is 0. The number of carbonyl (C=O) groups is 1. The van der Waals surface area contributed by atoms with E-state index < -0.39 is 0 Å². The van der Waals surface area contributed by atoms with E-state index in [1.165, 1.54) is 19.3 Å². The van der Waals surface area contributed by atoms with Gasteiger partial charge in [-0.1, -0.05) is 32.8 Å². The molecular formula is C10H20O2. The lowest BCUT2D eigenvalue weighted by Crippen LogP contribution is -1.88. The maximum Gasteiger partial charge on any atom is 0.129 e. The third-order valence-electron chi connectivity index (χ3n) is 1.38. The molecule has 0 unspecified atom stereocenters. The van der Waals surface area contributed by atoms with Crippen molar-refractivity contribution in [2.24, 2.45) is 0 Å². The summed E-state index contributed by atoms with van der Waals surface area (Å²) in [5, 5.41) is 7.33. The molecule has 0 aliphatic carbocycles. The number of carbonyl (C=O) groups excluding carboxylic acids is 1. The van der Waals surface area contributed by atoms with Gasteiger partial charge in [0, 0.05) is 6.42 Å². The quantitative estimate of drug-likeness (QED) is 0.510. The summed E-state index contributed by atoms with van der Waals surface area (Å²) in [6.45, 7) is 6.75. The zero-order chi connectivity index (χ0) is 9.82. The predicted octanol–water partition coefficient (Wildman–Crippen LogP) is 3.23. The van der Waals surface area contributed by atoms with Gasteiger partial charge in [-0.25, -0.2) is 0 Å². The first-order valence-corrected chi connectivity index (χ1v) is 4.43. The third-order valence-corrected chi connectivity index (χ3v) is 1.38. The largest absolute Gasteiger partial charge is 0.516 e. The van der Waals surface area contributed by atoms with Crippen LogP contribution in [0.4, 0.5) is 0 Å². The lowest BCUT2D eigenvalue weighted by molar-refractivity contribution is -0.117. The van der Waals surface area contributed by atoms with Crippen molar-refractivity contribution in [2.45, 2.75) is 46.0 Å². The van der Waals surface area contributed by atoms with E-state index in [9.17, 15) is 4.79 Å². The van der Waals surface area contributed by atoms with Gasteiger partial charge in [-0.2, -0.15) is 0 Å². The van der Waals surface area contributed by atoms with Crippen LogP contribution >= 0.6 is 0 Å². The molecule has 2 nitrogen and oxygen atoms in total. The fraction of sp³-hybridized carbons (Fsp3) is 0.700. The fourth-order valence-electron chi connectivity index (χ4n) is 0.801. The van der Waals surface area contributed by atoms with Gasteiger partial charge >= 0.3 is 0 Å². The smallest absolute Gasteiger partial charge is 0.129 e. The van der Waals surface area contributed by atoms with Crippen LogP contribution in [-0.4, -0.2) is 10.9 Å². The van der Waals surface area contributed by atoms with Crippen molar-refractivity contribution in [2.75, 3.05) is 0 Å². The highest BCUT2D eigenvalue weighted by Crippen LogP contribution is 2.01. The molecule has 0 amide bonds. The first kappa shape index (κ1) is 13.8. The summed E-state index contributed by atoms with van der Waals surface area (Å²) >= 11 is 0. The summed E-state index contributed by atoms with van der Waals surface area (Å²) in [5.74, 6) is 0.325. The van der Waals surface area contributed by atoms with Crippen LogP contribution in [0.15, 0.2) is 12.8 Å². The minimum atomic E-state index is 0.325. The maximum absolute atomic E-state index is 10.4. The molecule has 0 aromatic heterocycles. The van der Waals surface area contributed by atoms with Crippen LogP contribution in [0, 0.1) is 0 Å². The third kappa shape index (κ3) is 22.9. The van der Waals surface area contributed by atoms with Gasteiger partial charge < -0.3 is 9.90 Å². The molecule has 1 N–H and O–H groups in total. The van der Waals surface area contributed by atoms with E-state index in [2.05, 4.69) is 13.5 Å². The molecule has 2 heteroatoms. The van der Waals surface area contributed by atoms with Gasteiger partial charge in [0.15, 0.2) is 0 Å². The Morgan fingerprint density at radius 1 is 1.42 bits per heavy atom. The molecule has 0 aliphatic rings. The van der Waals surface area contributed by atoms with Gasteiger partial charge in [-0.3, -0.25) is 0 Å². The van der Waals surface area contributed by atoms with E-state index in [-0.39, 0.29) is 0 Å². The molecule has 72 valence electrons. The van der Waals surface area contributed by atoms with Crippen molar-refractivity contribution in [3.63, 3.8) is 0 Å². The van der Waals surface area contributed by atoms with Crippen LogP contribution in [0.25, 0.3) is 0 Å². The summed E-state index contributed by atoms with van der Waals surface area (Å²) in [5.41, 5.74) is 0. The standard InChI is InChI=1S/C8H16O.C2H4O/c1-3-4-5-6-7-8(2)9;1-2-3/h3-7H2,1-2H3;2-3H,1H2. The minimum absolute atomic E-state index is 0.325. The van der Waals surface area contributed by atoms with E-state index in [4.69, 9.17) is 5.11 Å². The minimum Gasteiger partial charge on any atom is -0.516 e. The van der Waals surface area contributed by atoms with Crippen LogP contribution in [0.1, 0.15) is 46.0 Å². The second-order valence-corrected chi connectivity index (χ2v) is 2.70. The number of aliphatic hydroxyl groups excluding tert-OH is 1. The summed E-state index contributed by atoms with van der Waals surface area (Å²) in [6.07, 6.45) is 6.35. The van der Waals surface area contributed by atoms with Crippen molar-refractivity contribution in [1.29, 1.82) is 0 Å². The summed E-state index contributed by atoms with van der Waals surface area (Å²) in [7, 11) is 0. The molecule has 0 radical (unpaired) electrons. The van der Waals surface area contributed by atoms with Crippen molar-refractivity contribution >= 4 is 5.78 Å². The average molecular weight is 172 g/mol. The highest BCUT2D eigenvalue weighted by molar-refractivity contribution is 5.75. The van der Waals surface area contributed by atoms with Crippen LogP contribution in [0.3, 0.4) is 0 Å². The van der Waals surface area contributed by atoms with Crippen LogP contribution in [0.5, 0.6) is 0 Å². The number of hydrogen-bond donors (Lipinski definition) is 1. The van der Waals surface area contributed by atoms with E-state index in [1.807, 2.05) is 0 Å². The zero-order valence-electron chi connectivity index (χ0n) is 8.18. The number of aliphatic hydroxyl groups is 1. The molecule has 0 rings (SSSR count). The SMILES string of the molecule is C=CO.CCCCCCC(C)=O. The van der Waals surface area contributed by atoms with Gasteiger partial charge in [-0.15, -0.1) is 0 Å². The lowest BCUT2D eigenvalue weighted by Gasteiger charge is -1.93. The Morgan fingerprint density at radius 3 is 2.25 bits per heavy atom. The molecule has 0 heterocycles. The van der Waals surface area contributed by atoms with Crippen LogP contribution in [0.2, 0.25) is 0 Å². The molecule has 0 fully saturated rings. The fourth-order valence-corrected chi connectivity index (χ4v) is 0.801. The second kappa shape index (κ2) is 12.8. The second-order valence-electron chi connectivity index (χ2n) is 2.70. The molecule has 0 bridgehead atoms. The first-order valence-electron chi connectivity index (χ1n) is 4.43. The first-order chi connectivity index (χ1) is 5.68. The van der Waals surface area contributed by atoms with Crippen molar-refractivity contribution in [1.82, 2.24) is 0 Å². The molecule has 0 spiro atoms. The molecular weight excluding hydrogens is 152 g/mol. The van der Waals surface area contributed by atoms with Gasteiger partial charge in [-0.05, 0) is 13.3 Å². The monoisotopic (exact) mass is 172 g/mol. The van der Waals surface area contributed by atoms with Gasteiger partial charge in [0.05, 0.1) is 6.26 Å². The van der Waals surface area contributed by atoms with Crippen LogP contribution in [-0.2, 0) is 4.79 Å². The van der Waals surface area contributed by atoms with Crippen molar-refractivity contribution < 1.29 is 9.90 Å². The lowest BCUT2D eigenvalue weighted by atomic mass is 10.1. The van der Waals surface area contributed by atoms with Gasteiger partial charge in [0.25, 0.3) is 0 Å². The van der Waals surface area contributed by atoms with E-state index in [0.717, 1.165) is 19.1 Å². The average Bonchev–Trinajstić information content (AvgIpc) is 1.99. The van der Waals surface area contributed by atoms with Gasteiger partial charge in [0.2, 0.25) is 0 Å². The Labute approximate surface area is 75.3 Å². The highest BCUT2D eigenvalue weighted by Gasteiger charge is 1.91. The Hall–Kier alpha value is -0.790. The van der Waals surface area contributed by atoms with Crippen molar-refractivity contribution in [3.05, 3.63) is 12.8 Å². The number of hydrogen-bond acceptors (Lipinski definition) is 2. The molecule has 0 aromatic rings. The Balaban J connectivity index is 0. The Morgan fingerprint density at radius 2 is 1.92 bits per heavy atom. The molecule has 0 atom stereocenters. The number of ketones is 1. The van der Waals surface area contributed by atoms with Crippen molar-refractivity contribution in [3.8, 4) is 0 Å². The van der Waals surface area contributed by atoms with E-state index in [0.29, 0.717) is 5.78 Å². The summed E-state index contributed by atoms with van der Waals surface area (Å²) in [4.78, 5) is 10.4. The predicted molar refractivity (Wildman–Crippen MR) is 52.3 cm³/mol. The molecule has 12 heavy (non-hydrogen) atoms. The Kier molecular flexibility index (Phi) is 14.8. The normalized spacial score (nSPS) is 8.17.